The minimum absolute atomic E-state index is 0.00243. The molecule has 0 saturated carbocycles. The van der Waals surface area contributed by atoms with E-state index in [1.807, 2.05) is 0 Å². The Bertz CT molecular complexity index is 356. The zero-order valence-corrected chi connectivity index (χ0v) is 9.94. The third-order valence-corrected chi connectivity index (χ3v) is 3.26. The summed E-state index contributed by atoms with van der Waals surface area (Å²) in [4.78, 5) is 38.0. The molecule has 2 saturated heterocycles. The van der Waals surface area contributed by atoms with E-state index in [1.54, 1.807) is 16.8 Å². The third kappa shape index (κ3) is 2.57. The third-order valence-electron chi connectivity index (χ3n) is 3.26. The minimum atomic E-state index is -0.279. The van der Waals surface area contributed by atoms with Gasteiger partial charge in [-0.25, -0.2) is 0 Å². The van der Waals surface area contributed by atoms with Crippen molar-refractivity contribution in [3.63, 3.8) is 0 Å². The molecule has 0 spiro atoms. The predicted octanol–water partition coefficient (Wildman–Crippen LogP) is -1.19. The van der Waals surface area contributed by atoms with Gasteiger partial charge in [-0.1, -0.05) is 0 Å². The molecule has 2 aliphatic rings. The Balaban J connectivity index is 1.99. The molecule has 6 heteroatoms. The average Bonchev–Trinajstić information content (AvgIpc) is 2.51. The van der Waals surface area contributed by atoms with Crippen LogP contribution in [0.5, 0.6) is 0 Å². The summed E-state index contributed by atoms with van der Waals surface area (Å²) < 4.78 is 0. The summed E-state index contributed by atoms with van der Waals surface area (Å²) in [6.45, 7) is 1.79. The normalized spacial score (nSPS) is 25.8. The van der Waals surface area contributed by atoms with Crippen LogP contribution < -0.4 is 5.32 Å². The van der Waals surface area contributed by atoms with Crippen molar-refractivity contribution in [2.75, 3.05) is 33.2 Å². The van der Waals surface area contributed by atoms with Crippen LogP contribution in [0.2, 0.25) is 0 Å². The van der Waals surface area contributed by atoms with Crippen LogP contribution in [0, 0.1) is 5.92 Å². The average molecular weight is 239 g/mol. The molecule has 0 bridgehead atoms. The lowest BCUT2D eigenvalue weighted by molar-refractivity contribution is -0.138. The van der Waals surface area contributed by atoms with E-state index in [2.05, 4.69) is 5.32 Å². The van der Waals surface area contributed by atoms with Gasteiger partial charge < -0.3 is 15.1 Å². The molecule has 6 nitrogen and oxygen atoms in total. The fraction of sp³-hybridized carbons (Fsp3) is 0.727. The molecular weight excluding hydrogens is 222 g/mol. The Morgan fingerprint density at radius 2 is 2.18 bits per heavy atom. The molecule has 0 aromatic carbocycles. The van der Waals surface area contributed by atoms with Gasteiger partial charge in [0.25, 0.3) is 0 Å². The first kappa shape index (κ1) is 11.9. The second-order valence-corrected chi connectivity index (χ2v) is 4.64. The molecule has 0 aliphatic carbocycles. The summed E-state index contributed by atoms with van der Waals surface area (Å²) in [7, 11) is 1.70. The zero-order valence-electron chi connectivity index (χ0n) is 9.94. The molecule has 94 valence electrons. The van der Waals surface area contributed by atoms with Gasteiger partial charge in [0.2, 0.25) is 17.7 Å². The monoisotopic (exact) mass is 239 g/mol. The van der Waals surface area contributed by atoms with Crippen LogP contribution in [0.25, 0.3) is 0 Å². The Morgan fingerprint density at radius 1 is 1.41 bits per heavy atom. The van der Waals surface area contributed by atoms with Gasteiger partial charge in [0.15, 0.2) is 0 Å². The summed E-state index contributed by atoms with van der Waals surface area (Å²) >= 11 is 0. The van der Waals surface area contributed by atoms with Gasteiger partial charge in [-0.15, -0.1) is 0 Å². The fourth-order valence-electron chi connectivity index (χ4n) is 2.28. The van der Waals surface area contributed by atoms with Crippen molar-refractivity contribution in [1.82, 2.24) is 15.1 Å². The smallest absolute Gasteiger partial charge is 0.239 e. The molecule has 3 amide bonds. The summed E-state index contributed by atoms with van der Waals surface area (Å²) in [6, 6.07) is 0. The van der Waals surface area contributed by atoms with Crippen molar-refractivity contribution in [3.8, 4) is 0 Å². The van der Waals surface area contributed by atoms with Crippen molar-refractivity contribution in [2.45, 2.75) is 12.8 Å². The SMILES string of the molecule is CN1CC(C(=O)N2CCCNC(=O)C2)CC1=O. The first-order valence-corrected chi connectivity index (χ1v) is 5.87. The maximum absolute atomic E-state index is 12.2. The highest BCUT2D eigenvalue weighted by Crippen LogP contribution is 2.19. The Hall–Kier alpha value is -1.59. The molecule has 1 atom stereocenters. The highest BCUT2D eigenvalue weighted by Gasteiger charge is 2.35. The summed E-state index contributed by atoms with van der Waals surface area (Å²) in [5.41, 5.74) is 0. The van der Waals surface area contributed by atoms with Crippen molar-refractivity contribution in [3.05, 3.63) is 0 Å². The van der Waals surface area contributed by atoms with E-state index in [0.29, 0.717) is 19.6 Å². The quantitative estimate of drug-likeness (QED) is 0.626. The number of nitrogens with zero attached hydrogens (tertiary/aromatic N) is 2. The standard InChI is InChI=1S/C11H17N3O3/c1-13-6-8(5-10(13)16)11(17)14-4-2-3-12-9(15)7-14/h8H,2-7H2,1H3,(H,12,15). The maximum atomic E-state index is 12.2. The second-order valence-electron chi connectivity index (χ2n) is 4.64. The number of amides is 3. The van der Waals surface area contributed by atoms with Crippen LogP contribution in [0.4, 0.5) is 0 Å². The zero-order chi connectivity index (χ0) is 12.4. The summed E-state index contributed by atoms with van der Waals surface area (Å²) in [6.07, 6.45) is 1.04. The van der Waals surface area contributed by atoms with Crippen LogP contribution >= 0.6 is 0 Å². The number of carbonyl (C=O) groups is 3. The Labute approximate surface area is 99.9 Å². The maximum Gasteiger partial charge on any atom is 0.239 e. The van der Waals surface area contributed by atoms with Crippen LogP contribution in [0.15, 0.2) is 0 Å². The lowest BCUT2D eigenvalue weighted by Gasteiger charge is -2.22. The van der Waals surface area contributed by atoms with E-state index in [9.17, 15) is 14.4 Å². The molecule has 1 unspecified atom stereocenters. The van der Waals surface area contributed by atoms with E-state index in [0.717, 1.165) is 6.42 Å². The largest absolute Gasteiger partial charge is 0.354 e. The summed E-state index contributed by atoms with van der Waals surface area (Å²) in [5.74, 6) is -0.464. The number of hydrogen-bond donors (Lipinski definition) is 1. The van der Waals surface area contributed by atoms with Crippen LogP contribution in [0.3, 0.4) is 0 Å². The molecule has 2 heterocycles. The van der Waals surface area contributed by atoms with E-state index >= 15 is 0 Å². The van der Waals surface area contributed by atoms with Gasteiger partial charge in [0.1, 0.15) is 0 Å². The molecule has 2 aliphatic heterocycles. The van der Waals surface area contributed by atoms with E-state index in [1.165, 1.54) is 0 Å². The molecule has 17 heavy (non-hydrogen) atoms. The molecular formula is C11H17N3O3. The molecule has 2 fully saturated rings. The molecule has 0 aromatic rings. The number of carbonyl (C=O) groups excluding carboxylic acids is 3. The number of nitrogens with one attached hydrogen (secondary N) is 1. The predicted molar refractivity (Wildman–Crippen MR) is 60.0 cm³/mol. The van der Waals surface area contributed by atoms with E-state index < -0.39 is 0 Å². The highest BCUT2D eigenvalue weighted by atomic mass is 16.2. The molecule has 0 aromatic heterocycles. The van der Waals surface area contributed by atoms with Crippen molar-refractivity contribution in [1.29, 1.82) is 0 Å². The van der Waals surface area contributed by atoms with Gasteiger partial charge in [-0.2, -0.15) is 0 Å². The van der Waals surface area contributed by atoms with Crippen molar-refractivity contribution < 1.29 is 14.4 Å². The van der Waals surface area contributed by atoms with Gasteiger partial charge in [-0.05, 0) is 6.42 Å². The topological polar surface area (TPSA) is 69.7 Å². The van der Waals surface area contributed by atoms with Gasteiger partial charge in [-0.3, -0.25) is 14.4 Å². The number of likely N-dealkylation sites (tertiary alicyclic amines) is 1. The van der Waals surface area contributed by atoms with E-state index in [-0.39, 0.29) is 36.6 Å². The van der Waals surface area contributed by atoms with Crippen LogP contribution in [-0.2, 0) is 14.4 Å². The number of hydrogen-bond acceptors (Lipinski definition) is 3. The molecule has 2 rings (SSSR count). The fourth-order valence-corrected chi connectivity index (χ4v) is 2.28. The number of rotatable bonds is 1. The lowest BCUT2D eigenvalue weighted by Crippen LogP contribution is -2.41. The lowest BCUT2D eigenvalue weighted by atomic mass is 10.1. The molecule has 1 N–H and O–H groups in total. The molecule has 0 radical (unpaired) electrons. The second kappa shape index (κ2) is 4.73. The van der Waals surface area contributed by atoms with Crippen molar-refractivity contribution in [2.24, 2.45) is 5.92 Å². The summed E-state index contributed by atoms with van der Waals surface area (Å²) in [5, 5.41) is 2.73. The van der Waals surface area contributed by atoms with Gasteiger partial charge in [0.05, 0.1) is 12.5 Å². The Kier molecular flexibility index (Phi) is 3.31. The van der Waals surface area contributed by atoms with E-state index in [4.69, 9.17) is 0 Å². The van der Waals surface area contributed by atoms with Gasteiger partial charge in [0, 0.05) is 33.1 Å². The first-order valence-electron chi connectivity index (χ1n) is 5.87. The van der Waals surface area contributed by atoms with Crippen molar-refractivity contribution >= 4 is 17.7 Å². The first-order chi connectivity index (χ1) is 8.08. The van der Waals surface area contributed by atoms with Crippen LogP contribution in [-0.4, -0.2) is 60.7 Å². The minimum Gasteiger partial charge on any atom is -0.354 e. The van der Waals surface area contributed by atoms with Gasteiger partial charge >= 0.3 is 0 Å². The van der Waals surface area contributed by atoms with Crippen LogP contribution in [0.1, 0.15) is 12.8 Å². The highest BCUT2D eigenvalue weighted by molar-refractivity contribution is 5.91. The Morgan fingerprint density at radius 3 is 2.82 bits per heavy atom.